The van der Waals surface area contributed by atoms with Gasteiger partial charge in [-0.1, -0.05) is 18.3 Å². The van der Waals surface area contributed by atoms with Crippen LogP contribution in [0.15, 0.2) is 27.7 Å². The van der Waals surface area contributed by atoms with Crippen LogP contribution in [0.3, 0.4) is 0 Å². The van der Waals surface area contributed by atoms with Gasteiger partial charge in [0.25, 0.3) is 5.56 Å². The maximum absolute atomic E-state index is 12.2. The van der Waals surface area contributed by atoms with Crippen LogP contribution in [0, 0.1) is 0 Å². The Labute approximate surface area is 147 Å². The molecule has 1 saturated heterocycles. The van der Waals surface area contributed by atoms with Crippen LogP contribution in [0.1, 0.15) is 31.2 Å². The highest BCUT2D eigenvalue weighted by molar-refractivity contribution is 7.20. The van der Waals surface area contributed by atoms with Crippen molar-refractivity contribution in [3.8, 4) is 0 Å². The van der Waals surface area contributed by atoms with Crippen LogP contribution in [0.25, 0.3) is 4.96 Å². The molecule has 6 nitrogen and oxygen atoms in total. The second-order valence-corrected chi connectivity index (χ2v) is 7.63. The van der Waals surface area contributed by atoms with E-state index in [1.54, 1.807) is 17.4 Å². The van der Waals surface area contributed by atoms with Gasteiger partial charge in [0.2, 0.25) is 10.1 Å². The molecule has 2 atom stereocenters. The molecule has 2 unspecified atom stereocenters. The zero-order valence-electron chi connectivity index (χ0n) is 13.5. The van der Waals surface area contributed by atoms with Crippen LogP contribution < -0.4 is 10.5 Å². The van der Waals surface area contributed by atoms with Crippen molar-refractivity contribution in [3.05, 3.63) is 44.5 Å². The van der Waals surface area contributed by atoms with Gasteiger partial charge in [0.05, 0.1) is 12.6 Å². The van der Waals surface area contributed by atoms with Crippen molar-refractivity contribution in [2.75, 3.05) is 18.0 Å². The van der Waals surface area contributed by atoms with Crippen LogP contribution in [-0.4, -0.2) is 33.8 Å². The standard InChI is InChI=1S/C16H18N4O2S2/c1-3-12-6-14(21)20-15(17-12)24-16(18-20)19-7-10(2)22-13(8-19)11-4-5-23-9-11/h4-6,9-10,13H,3,7-8H2,1-2H3. The van der Waals surface area contributed by atoms with Crippen molar-refractivity contribution < 1.29 is 4.74 Å². The number of aryl methyl sites for hydroxylation is 1. The summed E-state index contributed by atoms with van der Waals surface area (Å²) >= 11 is 3.14. The maximum atomic E-state index is 12.2. The average molecular weight is 362 g/mol. The fourth-order valence-corrected chi connectivity index (χ4v) is 4.55. The minimum atomic E-state index is -0.116. The second kappa shape index (κ2) is 6.27. The van der Waals surface area contributed by atoms with Gasteiger partial charge < -0.3 is 9.64 Å². The molecule has 8 heteroatoms. The molecule has 126 valence electrons. The number of rotatable bonds is 3. The van der Waals surface area contributed by atoms with Gasteiger partial charge in [-0.15, -0.1) is 5.10 Å². The van der Waals surface area contributed by atoms with Crippen molar-refractivity contribution in [1.29, 1.82) is 0 Å². The summed E-state index contributed by atoms with van der Waals surface area (Å²) in [6, 6.07) is 3.66. The third kappa shape index (κ3) is 2.85. The Morgan fingerprint density at radius 3 is 3.04 bits per heavy atom. The highest BCUT2D eigenvalue weighted by atomic mass is 32.1. The van der Waals surface area contributed by atoms with Gasteiger partial charge in [0.1, 0.15) is 6.10 Å². The SMILES string of the molecule is CCc1cc(=O)n2nc(N3CC(C)OC(c4ccsc4)C3)sc2n1. The lowest BCUT2D eigenvalue weighted by molar-refractivity contribution is -0.0172. The number of fused-ring (bicyclic) bond motifs is 1. The van der Waals surface area contributed by atoms with E-state index in [4.69, 9.17) is 4.74 Å². The third-order valence-corrected chi connectivity index (χ3v) is 5.77. The number of aromatic nitrogens is 3. The zero-order valence-corrected chi connectivity index (χ0v) is 15.1. The first-order valence-corrected chi connectivity index (χ1v) is 9.72. The van der Waals surface area contributed by atoms with E-state index in [-0.39, 0.29) is 17.8 Å². The number of morpholine rings is 1. The Morgan fingerprint density at radius 1 is 1.42 bits per heavy atom. The van der Waals surface area contributed by atoms with Gasteiger partial charge >= 0.3 is 0 Å². The molecule has 4 heterocycles. The van der Waals surface area contributed by atoms with Crippen LogP contribution in [0.5, 0.6) is 0 Å². The minimum Gasteiger partial charge on any atom is -0.367 e. The van der Waals surface area contributed by atoms with E-state index >= 15 is 0 Å². The number of ether oxygens (including phenoxy) is 1. The van der Waals surface area contributed by atoms with E-state index in [0.29, 0.717) is 4.96 Å². The van der Waals surface area contributed by atoms with E-state index < -0.39 is 0 Å². The average Bonchev–Trinajstić information content (AvgIpc) is 3.24. The molecule has 0 aliphatic carbocycles. The first-order chi connectivity index (χ1) is 11.6. The molecule has 3 aromatic heterocycles. The molecule has 1 fully saturated rings. The summed E-state index contributed by atoms with van der Waals surface area (Å²) in [5.41, 5.74) is 1.89. The van der Waals surface area contributed by atoms with E-state index in [1.807, 2.05) is 6.92 Å². The molecule has 4 rings (SSSR count). The Bertz CT molecular complexity index is 903. The zero-order chi connectivity index (χ0) is 16.7. The highest BCUT2D eigenvalue weighted by Gasteiger charge is 2.29. The van der Waals surface area contributed by atoms with Gasteiger partial charge in [0, 0.05) is 18.3 Å². The lowest BCUT2D eigenvalue weighted by Gasteiger charge is -2.36. The molecule has 3 aromatic rings. The Kier molecular flexibility index (Phi) is 4.11. The molecule has 0 saturated carbocycles. The fourth-order valence-electron chi connectivity index (χ4n) is 2.90. The van der Waals surface area contributed by atoms with Gasteiger partial charge in [-0.25, -0.2) is 4.98 Å². The predicted octanol–water partition coefficient (Wildman–Crippen LogP) is 2.74. The molecule has 0 N–H and O–H groups in total. The van der Waals surface area contributed by atoms with Gasteiger partial charge in [-0.2, -0.15) is 15.9 Å². The monoisotopic (exact) mass is 362 g/mol. The van der Waals surface area contributed by atoms with Crippen molar-refractivity contribution in [1.82, 2.24) is 14.6 Å². The lowest BCUT2D eigenvalue weighted by atomic mass is 10.1. The van der Waals surface area contributed by atoms with Gasteiger partial charge in [0.15, 0.2) is 0 Å². The summed E-state index contributed by atoms with van der Waals surface area (Å²) in [4.78, 5) is 19.6. The van der Waals surface area contributed by atoms with Crippen molar-refractivity contribution in [2.45, 2.75) is 32.5 Å². The number of thiophene rings is 1. The number of hydrogen-bond acceptors (Lipinski definition) is 7. The molecule has 24 heavy (non-hydrogen) atoms. The smallest absolute Gasteiger partial charge is 0.275 e. The van der Waals surface area contributed by atoms with E-state index in [1.165, 1.54) is 21.4 Å². The molecule has 1 aliphatic heterocycles. The van der Waals surface area contributed by atoms with E-state index in [2.05, 4.69) is 38.7 Å². The van der Waals surface area contributed by atoms with Crippen LogP contribution in [0.2, 0.25) is 0 Å². The van der Waals surface area contributed by atoms with Gasteiger partial charge in [-0.3, -0.25) is 4.79 Å². The largest absolute Gasteiger partial charge is 0.367 e. The number of anilines is 1. The maximum Gasteiger partial charge on any atom is 0.275 e. The fraction of sp³-hybridized carbons (Fsp3) is 0.438. The molecular formula is C16H18N4O2S2. The molecular weight excluding hydrogens is 344 g/mol. The summed E-state index contributed by atoms with van der Waals surface area (Å²) in [6.07, 6.45) is 0.878. The first kappa shape index (κ1) is 15.7. The molecule has 0 spiro atoms. The number of hydrogen-bond donors (Lipinski definition) is 0. The first-order valence-electron chi connectivity index (χ1n) is 7.96. The molecule has 0 radical (unpaired) electrons. The normalized spacial score (nSPS) is 21.5. The van der Waals surface area contributed by atoms with Crippen molar-refractivity contribution in [3.63, 3.8) is 0 Å². The second-order valence-electron chi connectivity index (χ2n) is 5.92. The van der Waals surface area contributed by atoms with Crippen molar-refractivity contribution in [2.24, 2.45) is 0 Å². The summed E-state index contributed by atoms with van der Waals surface area (Å²) in [5.74, 6) is 0. The summed E-state index contributed by atoms with van der Waals surface area (Å²) in [5, 5.41) is 9.51. The van der Waals surface area contributed by atoms with Crippen molar-refractivity contribution >= 4 is 32.8 Å². The third-order valence-electron chi connectivity index (χ3n) is 4.10. The molecule has 0 amide bonds. The minimum absolute atomic E-state index is 0.0305. The van der Waals surface area contributed by atoms with E-state index in [9.17, 15) is 4.79 Å². The molecule has 1 aliphatic rings. The van der Waals surface area contributed by atoms with E-state index in [0.717, 1.165) is 30.3 Å². The Morgan fingerprint density at radius 2 is 2.29 bits per heavy atom. The highest BCUT2D eigenvalue weighted by Crippen LogP contribution is 2.31. The van der Waals surface area contributed by atoms with Crippen LogP contribution in [-0.2, 0) is 11.2 Å². The molecule has 0 aromatic carbocycles. The molecule has 0 bridgehead atoms. The summed E-state index contributed by atoms with van der Waals surface area (Å²) in [7, 11) is 0. The van der Waals surface area contributed by atoms with Crippen LogP contribution in [0.4, 0.5) is 5.13 Å². The Balaban J connectivity index is 1.68. The van der Waals surface area contributed by atoms with Crippen LogP contribution >= 0.6 is 22.7 Å². The number of nitrogens with zero attached hydrogens (tertiary/aromatic N) is 4. The quantitative estimate of drug-likeness (QED) is 0.717. The van der Waals surface area contributed by atoms with Gasteiger partial charge in [-0.05, 0) is 35.7 Å². The topological polar surface area (TPSA) is 59.7 Å². The lowest BCUT2D eigenvalue weighted by Crippen LogP contribution is -2.42. The summed E-state index contributed by atoms with van der Waals surface area (Å²) in [6.45, 7) is 5.56. The summed E-state index contributed by atoms with van der Waals surface area (Å²) < 4.78 is 7.48. The predicted molar refractivity (Wildman–Crippen MR) is 96.3 cm³/mol. The Hall–Kier alpha value is -1.77.